The molecule has 0 bridgehead atoms. The van der Waals surface area contributed by atoms with Gasteiger partial charge >= 0.3 is 5.97 Å². The molecule has 0 unspecified atom stereocenters. The standard InChI is InChI=1S/C13H19N3O4S/c1-3-16(11(18)5-4-6-12(19)20-2)9-10(17)15-13-14-7-8-21-13/h7-8H,3-6,9H2,1-2H3,(H,14,15,17). The Morgan fingerprint density at radius 3 is 2.71 bits per heavy atom. The van der Waals surface area contributed by atoms with E-state index in [2.05, 4.69) is 15.0 Å². The Labute approximate surface area is 127 Å². The Balaban J connectivity index is 2.37. The first-order chi connectivity index (χ1) is 10.1. The first-order valence-corrected chi connectivity index (χ1v) is 7.48. The van der Waals surface area contributed by atoms with E-state index in [0.29, 0.717) is 18.1 Å². The zero-order valence-corrected chi connectivity index (χ0v) is 12.9. The van der Waals surface area contributed by atoms with Crippen LogP contribution in [0.2, 0.25) is 0 Å². The Bertz CT molecular complexity index is 476. The van der Waals surface area contributed by atoms with E-state index in [0.717, 1.165) is 0 Å². The summed E-state index contributed by atoms with van der Waals surface area (Å²) in [5.74, 6) is -0.781. The molecule has 21 heavy (non-hydrogen) atoms. The van der Waals surface area contributed by atoms with E-state index in [4.69, 9.17) is 0 Å². The van der Waals surface area contributed by atoms with E-state index in [-0.39, 0.29) is 37.2 Å². The van der Waals surface area contributed by atoms with Gasteiger partial charge in [-0.3, -0.25) is 14.4 Å². The largest absolute Gasteiger partial charge is 0.469 e. The van der Waals surface area contributed by atoms with Crippen LogP contribution in [0.1, 0.15) is 26.2 Å². The molecule has 1 aromatic heterocycles. The molecule has 7 nitrogen and oxygen atoms in total. The lowest BCUT2D eigenvalue weighted by atomic mass is 10.2. The summed E-state index contributed by atoms with van der Waals surface area (Å²) in [4.78, 5) is 40.1. The molecular formula is C13H19N3O4S. The van der Waals surface area contributed by atoms with E-state index in [9.17, 15) is 14.4 Å². The highest BCUT2D eigenvalue weighted by Crippen LogP contribution is 2.10. The molecule has 1 aromatic rings. The second-order valence-corrected chi connectivity index (χ2v) is 5.12. The number of hydrogen-bond donors (Lipinski definition) is 1. The topological polar surface area (TPSA) is 88.6 Å². The van der Waals surface area contributed by atoms with Crippen LogP contribution < -0.4 is 5.32 Å². The maximum atomic E-state index is 12.0. The third-order valence-corrected chi connectivity index (χ3v) is 3.44. The minimum Gasteiger partial charge on any atom is -0.469 e. The minimum atomic E-state index is -0.340. The van der Waals surface area contributed by atoms with Gasteiger partial charge in [-0.1, -0.05) is 0 Å². The number of nitrogens with zero attached hydrogens (tertiary/aromatic N) is 2. The van der Waals surface area contributed by atoms with Crippen LogP contribution >= 0.6 is 11.3 Å². The molecule has 0 aliphatic rings. The molecule has 0 saturated heterocycles. The van der Waals surface area contributed by atoms with Crippen molar-refractivity contribution in [2.75, 3.05) is 25.5 Å². The number of ether oxygens (including phenoxy) is 1. The van der Waals surface area contributed by atoms with Crippen LogP contribution in [0.4, 0.5) is 5.13 Å². The molecule has 0 fully saturated rings. The van der Waals surface area contributed by atoms with Gasteiger partial charge in [0.15, 0.2) is 5.13 Å². The van der Waals surface area contributed by atoms with Crippen LogP contribution in [0, 0.1) is 0 Å². The average molecular weight is 313 g/mol. The Kier molecular flexibility index (Phi) is 7.38. The van der Waals surface area contributed by atoms with Crippen LogP contribution in [0.5, 0.6) is 0 Å². The van der Waals surface area contributed by atoms with Crippen molar-refractivity contribution in [2.24, 2.45) is 0 Å². The van der Waals surface area contributed by atoms with Crippen LogP contribution in [-0.2, 0) is 19.1 Å². The van der Waals surface area contributed by atoms with Crippen molar-refractivity contribution < 1.29 is 19.1 Å². The molecule has 1 rings (SSSR count). The molecule has 0 saturated carbocycles. The molecule has 1 heterocycles. The van der Waals surface area contributed by atoms with Gasteiger partial charge in [0.2, 0.25) is 11.8 Å². The number of thiazole rings is 1. The summed E-state index contributed by atoms with van der Waals surface area (Å²) in [5.41, 5.74) is 0. The molecule has 0 spiro atoms. The summed E-state index contributed by atoms with van der Waals surface area (Å²) >= 11 is 1.32. The molecule has 0 radical (unpaired) electrons. The first kappa shape index (κ1) is 17.1. The van der Waals surface area contributed by atoms with Crippen molar-refractivity contribution in [3.8, 4) is 0 Å². The molecule has 2 amide bonds. The van der Waals surface area contributed by atoms with Crippen LogP contribution in [0.15, 0.2) is 11.6 Å². The van der Waals surface area contributed by atoms with Crippen LogP contribution in [-0.4, -0.2) is 47.9 Å². The van der Waals surface area contributed by atoms with Crippen LogP contribution in [0.25, 0.3) is 0 Å². The first-order valence-electron chi connectivity index (χ1n) is 6.60. The normalized spacial score (nSPS) is 10.0. The highest BCUT2D eigenvalue weighted by molar-refractivity contribution is 7.13. The summed E-state index contributed by atoms with van der Waals surface area (Å²) in [5, 5.41) is 4.89. The highest BCUT2D eigenvalue weighted by Gasteiger charge is 2.16. The number of likely N-dealkylation sites (N-methyl/N-ethyl adjacent to an activating group) is 1. The predicted molar refractivity (Wildman–Crippen MR) is 78.9 cm³/mol. The fourth-order valence-corrected chi connectivity index (χ4v) is 2.18. The van der Waals surface area contributed by atoms with Gasteiger partial charge in [0.05, 0.1) is 13.7 Å². The van der Waals surface area contributed by atoms with Crippen molar-refractivity contribution in [1.29, 1.82) is 0 Å². The molecule has 0 aromatic carbocycles. The molecule has 0 atom stereocenters. The monoisotopic (exact) mass is 313 g/mol. The summed E-state index contributed by atoms with van der Waals surface area (Å²) in [6.07, 6.45) is 2.42. The zero-order chi connectivity index (χ0) is 15.7. The number of amides is 2. The smallest absolute Gasteiger partial charge is 0.305 e. The molecule has 0 aliphatic heterocycles. The summed E-state index contributed by atoms with van der Waals surface area (Å²) in [7, 11) is 1.31. The van der Waals surface area contributed by atoms with Gasteiger partial charge in [-0.15, -0.1) is 11.3 Å². The fourth-order valence-electron chi connectivity index (χ4n) is 1.64. The number of rotatable bonds is 8. The van der Waals surface area contributed by atoms with Gasteiger partial charge < -0.3 is 15.0 Å². The lowest BCUT2D eigenvalue weighted by molar-refractivity contribution is -0.141. The third-order valence-electron chi connectivity index (χ3n) is 2.75. The Hall–Kier alpha value is -1.96. The summed E-state index contributed by atoms with van der Waals surface area (Å²) in [6, 6.07) is 0. The lowest BCUT2D eigenvalue weighted by Crippen LogP contribution is -2.37. The van der Waals surface area contributed by atoms with Gasteiger partial charge in [0.1, 0.15) is 0 Å². The Morgan fingerprint density at radius 2 is 2.14 bits per heavy atom. The third kappa shape index (κ3) is 6.35. The second kappa shape index (κ2) is 9.06. The predicted octanol–water partition coefficient (Wildman–Crippen LogP) is 1.27. The van der Waals surface area contributed by atoms with Crippen molar-refractivity contribution in [2.45, 2.75) is 26.2 Å². The summed E-state index contributed by atoms with van der Waals surface area (Å²) in [6.45, 7) is 2.21. The van der Waals surface area contributed by atoms with Gasteiger partial charge in [0.25, 0.3) is 0 Å². The van der Waals surface area contributed by atoms with Crippen molar-refractivity contribution in [1.82, 2.24) is 9.88 Å². The fraction of sp³-hybridized carbons (Fsp3) is 0.538. The van der Waals surface area contributed by atoms with E-state index >= 15 is 0 Å². The molecule has 116 valence electrons. The number of methoxy groups -OCH3 is 1. The van der Waals surface area contributed by atoms with E-state index in [1.54, 1.807) is 18.5 Å². The molecule has 1 N–H and O–H groups in total. The lowest BCUT2D eigenvalue weighted by Gasteiger charge is -2.19. The molecule has 8 heteroatoms. The quantitative estimate of drug-likeness (QED) is 0.730. The second-order valence-electron chi connectivity index (χ2n) is 4.22. The van der Waals surface area contributed by atoms with Gasteiger partial charge in [-0.25, -0.2) is 4.98 Å². The van der Waals surface area contributed by atoms with E-state index in [1.165, 1.54) is 23.3 Å². The number of carbonyl (C=O) groups is 3. The number of carbonyl (C=O) groups excluding carboxylic acids is 3. The number of nitrogens with one attached hydrogen (secondary N) is 1. The molecular weight excluding hydrogens is 294 g/mol. The number of hydrogen-bond acceptors (Lipinski definition) is 6. The van der Waals surface area contributed by atoms with E-state index < -0.39 is 0 Å². The highest BCUT2D eigenvalue weighted by atomic mass is 32.1. The number of esters is 1. The van der Waals surface area contributed by atoms with Crippen molar-refractivity contribution in [3.63, 3.8) is 0 Å². The maximum absolute atomic E-state index is 12.0. The molecule has 0 aliphatic carbocycles. The maximum Gasteiger partial charge on any atom is 0.305 e. The number of anilines is 1. The number of aromatic nitrogens is 1. The van der Waals surface area contributed by atoms with Gasteiger partial charge in [0, 0.05) is 31.0 Å². The summed E-state index contributed by atoms with van der Waals surface area (Å²) < 4.78 is 4.51. The van der Waals surface area contributed by atoms with E-state index in [1.807, 2.05) is 0 Å². The Morgan fingerprint density at radius 1 is 1.38 bits per heavy atom. The minimum absolute atomic E-state index is 0.0207. The van der Waals surface area contributed by atoms with Crippen LogP contribution in [0.3, 0.4) is 0 Å². The van der Waals surface area contributed by atoms with Crippen molar-refractivity contribution in [3.05, 3.63) is 11.6 Å². The SMILES string of the molecule is CCN(CC(=O)Nc1nccs1)C(=O)CCCC(=O)OC. The van der Waals surface area contributed by atoms with Crippen molar-refractivity contribution >= 4 is 34.3 Å². The van der Waals surface area contributed by atoms with Gasteiger partial charge in [-0.2, -0.15) is 0 Å². The van der Waals surface area contributed by atoms with Gasteiger partial charge in [-0.05, 0) is 13.3 Å². The zero-order valence-electron chi connectivity index (χ0n) is 12.1. The average Bonchev–Trinajstić information content (AvgIpc) is 2.97.